The second-order valence-electron chi connectivity index (χ2n) is 8.50. The number of aryl methyl sites for hydroxylation is 1. The summed E-state index contributed by atoms with van der Waals surface area (Å²) in [6, 6.07) is 10.7. The van der Waals surface area contributed by atoms with Gasteiger partial charge in [0, 0.05) is 48.7 Å². The van der Waals surface area contributed by atoms with Crippen LogP contribution in [-0.4, -0.2) is 47.8 Å². The Kier molecular flexibility index (Phi) is 6.50. The number of carbonyl (C=O) groups excluding carboxylic acids is 2. The summed E-state index contributed by atoms with van der Waals surface area (Å²) >= 11 is 18.6. The number of primary amides is 1. The van der Waals surface area contributed by atoms with Gasteiger partial charge in [-0.1, -0.05) is 46.9 Å². The maximum atomic E-state index is 13.0. The van der Waals surface area contributed by atoms with E-state index >= 15 is 0 Å². The predicted octanol–water partition coefficient (Wildman–Crippen LogP) is 4.58. The number of halogens is 3. The first-order valence-corrected chi connectivity index (χ1v) is 11.4. The van der Waals surface area contributed by atoms with Gasteiger partial charge in [-0.15, -0.1) is 0 Å². The van der Waals surface area contributed by atoms with Crippen molar-refractivity contribution >= 4 is 46.6 Å². The molecule has 2 aromatic rings. The molecule has 2 aliphatic rings. The molecule has 2 fully saturated rings. The normalized spacial score (nSPS) is 21.9. The first kappa shape index (κ1) is 22.4. The van der Waals surface area contributed by atoms with Gasteiger partial charge in [-0.2, -0.15) is 0 Å². The smallest absolute Gasteiger partial charge is 0.255 e. The summed E-state index contributed by atoms with van der Waals surface area (Å²) < 4.78 is 0. The van der Waals surface area contributed by atoms with Crippen LogP contribution in [0, 0.1) is 18.8 Å². The van der Waals surface area contributed by atoms with E-state index in [1.807, 2.05) is 30.0 Å². The van der Waals surface area contributed by atoms with Gasteiger partial charge in [-0.25, -0.2) is 0 Å². The average molecular weight is 481 g/mol. The van der Waals surface area contributed by atoms with Crippen LogP contribution in [0.25, 0.3) is 0 Å². The zero-order valence-electron chi connectivity index (χ0n) is 17.2. The maximum absolute atomic E-state index is 13.0. The second kappa shape index (κ2) is 8.99. The average Bonchev–Trinajstić information content (AvgIpc) is 3.29. The third-order valence-corrected chi connectivity index (χ3v) is 7.35. The molecular weight excluding hydrogens is 457 g/mol. The number of nitrogens with two attached hydrogens (primary N) is 1. The highest BCUT2D eigenvalue weighted by Gasteiger charge is 2.44. The number of likely N-dealkylation sites (tertiary alicyclic amines) is 2. The quantitative estimate of drug-likeness (QED) is 0.681. The standard InChI is InChI=1S/C23H24Cl3N3O2/c1-13-2-3-14(6-20(13)26)21(8-22(27)30)28-9-15-11-29(12-16(15)10-28)23(31)18-7-17(24)4-5-19(18)25/h2-7,15-16,21H,8-12H2,1H3,(H2,27,30). The van der Waals surface area contributed by atoms with E-state index < -0.39 is 0 Å². The lowest BCUT2D eigenvalue weighted by Crippen LogP contribution is -2.36. The fourth-order valence-corrected chi connectivity index (χ4v) is 5.31. The van der Waals surface area contributed by atoms with Crippen LogP contribution >= 0.6 is 34.8 Å². The highest BCUT2D eigenvalue weighted by Crippen LogP contribution is 2.38. The molecule has 0 bridgehead atoms. The van der Waals surface area contributed by atoms with Gasteiger partial charge in [0.15, 0.2) is 0 Å². The van der Waals surface area contributed by atoms with Crippen molar-refractivity contribution in [1.29, 1.82) is 0 Å². The molecule has 2 heterocycles. The van der Waals surface area contributed by atoms with Crippen LogP contribution in [-0.2, 0) is 4.79 Å². The molecule has 164 valence electrons. The number of hydrogen-bond donors (Lipinski definition) is 1. The number of nitrogens with zero attached hydrogens (tertiary/aromatic N) is 2. The van der Waals surface area contributed by atoms with Gasteiger partial charge >= 0.3 is 0 Å². The summed E-state index contributed by atoms with van der Waals surface area (Å²) in [4.78, 5) is 28.9. The van der Waals surface area contributed by atoms with Gasteiger partial charge in [0.1, 0.15) is 0 Å². The molecule has 2 saturated heterocycles. The maximum Gasteiger partial charge on any atom is 0.255 e. The largest absolute Gasteiger partial charge is 0.370 e. The van der Waals surface area contributed by atoms with Crippen LogP contribution in [0.5, 0.6) is 0 Å². The van der Waals surface area contributed by atoms with Crippen LogP contribution < -0.4 is 5.73 Å². The third kappa shape index (κ3) is 4.70. The Hall–Kier alpha value is -1.79. The van der Waals surface area contributed by atoms with Crippen molar-refractivity contribution in [3.05, 3.63) is 68.2 Å². The lowest BCUT2D eigenvalue weighted by atomic mass is 10.0. The summed E-state index contributed by atoms with van der Waals surface area (Å²) in [5.74, 6) is 0.232. The Labute approximate surface area is 197 Å². The van der Waals surface area contributed by atoms with Crippen LogP contribution in [0.2, 0.25) is 15.1 Å². The topological polar surface area (TPSA) is 66.6 Å². The molecule has 0 aliphatic carbocycles. The van der Waals surface area contributed by atoms with E-state index in [1.165, 1.54) is 0 Å². The molecule has 0 spiro atoms. The molecular formula is C23H24Cl3N3O2. The molecule has 3 atom stereocenters. The minimum absolute atomic E-state index is 0.0903. The van der Waals surface area contributed by atoms with Crippen molar-refractivity contribution in [3.63, 3.8) is 0 Å². The van der Waals surface area contributed by atoms with E-state index in [0.29, 0.717) is 45.6 Å². The van der Waals surface area contributed by atoms with Crippen molar-refractivity contribution in [1.82, 2.24) is 9.80 Å². The number of rotatable bonds is 5. The van der Waals surface area contributed by atoms with E-state index in [2.05, 4.69) is 4.90 Å². The Morgan fingerprint density at radius 3 is 2.29 bits per heavy atom. The van der Waals surface area contributed by atoms with Gasteiger partial charge in [0.2, 0.25) is 5.91 Å². The zero-order chi connectivity index (χ0) is 22.3. The minimum Gasteiger partial charge on any atom is -0.370 e. The lowest BCUT2D eigenvalue weighted by Gasteiger charge is -2.29. The first-order valence-electron chi connectivity index (χ1n) is 10.3. The van der Waals surface area contributed by atoms with E-state index in [0.717, 1.165) is 24.2 Å². The molecule has 2 N–H and O–H groups in total. The molecule has 0 radical (unpaired) electrons. The zero-order valence-corrected chi connectivity index (χ0v) is 19.4. The molecule has 2 aliphatic heterocycles. The first-order chi connectivity index (χ1) is 14.7. The highest BCUT2D eigenvalue weighted by atomic mass is 35.5. The van der Waals surface area contributed by atoms with E-state index in [4.69, 9.17) is 40.5 Å². The van der Waals surface area contributed by atoms with E-state index in [-0.39, 0.29) is 24.3 Å². The lowest BCUT2D eigenvalue weighted by molar-refractivity contribution is -0.119. The molecule has 4 rings (SSSR count). The van der Waals surface area contributed by atoms with Gasteiger partial charge in [-0.3, -0.25) is 14.5 Å². The van der Waals surface area contributed by atoms with Crippen molar-refractivity contribution in [2.75, 3.05) is 26.2 Å². The van der Waals surface area contributed by atoms with Crippen molar-refractivity contribution < 1.29 is 9.59 Å². The van der Waals surface area contributed by atoms with Gasteiger partial charge in [0.25, 0.3) is 5.91 Å². The van der Waals surface area contributed by atoms with Crippen LogP contribution in [0.4, 0.5) is 0 Å². The van der Waals surface area contributed by atoms with Gasteiger partial charge < -0.3 is 10.6 Å². The van der Waals surface area contributed by atoms with E-state index in [1.54, 1.807) is 18.2 Å². The molecule has 31 heavy (non-hydrogen) atoms. The summed E-state index contributed by atoms with van der Waals surface area (Å²) in [6.45, 7) is 4.84. The molecule has 2 amide bonds. The van der Waals surface area contributed by atoms with Crippen LogP contribution in [0.15, 0.2) is 36.4 Å². The summed E-state index contributed by atoms with van der Waals surface area (Å²) in [5.41, 5.74) is 7.99. The van der Waals surface area contributed by atoms with Gasteiger partial charge in [0.05, 0.1) is 10.6 Å². The molecule has 2 aromatic carbocycles. The predicted molar refractivity (Wildman–Crippen MR) is 124 cm³/mol. The molecule has 8 heteroatoms. The Balaban J connectivity index is 1.48. The highest BCUT2D eigenvalue weighted by molar-refractivity contribution is 6.35. The monoisotopic (exact) mass is 479 g/mol. The van der Waals surface area contributed by atoms with Crippen LogP contribution in [0.3, 0.4) is 0 Å². The van der Waals surface area contributed by atoms with E-state index in [9.17, 15) is 9.59 Å². The number of carbonyl (C=O) groups is 2. The fourth-order valence-electron chi connectivity index (χ4n) is 4.75. The number of hydrogen-bond acceptors (Lipinski definition) is 3. The molecule has 0 saturated carbocycles. The minimum atomic E-state index is -0.342. The summed E-state index contributed by atoms with van der Waals surface area (Å²) in [6.07, 6.45) is 0.236. The summed E-state index contributed by atoms with van der Waals surface area (Å²) in [5, 5.41) is 1.58. The van der Waals surface area contributed by atoms with Crippen molar-refractivity contribution in [2.24, 2.45) is 17.6 Å². The second-order valence-corrected chi connectivity index (χ2v) is 9.75. The molecule has 5 nitrogen and oxygen atoms in total. The number of amides is 2. The Morgan fingerprint density at radius 2 is 1.68 bits per heavy atom. The number of benzene rings is 2. The molecule has 0 aromatic heterocycles. The SMILES string of the molecule is Cc1ccc(C(CC(N)=O)N2CC3CN(C(=O)c4cc(Cl)ccc4Cl)CC3C2)cc1Cl. The van der Waals surface area contributed by atoms with Crippen LogP contribution in [0.1, 0.15) is 33.9 Å². The molecule has 3 unspecified atom stereocenters. The number of fused-ring (bicyclic) bond motifs is 1. The van der Waals surface area contributed by atoms with Crippen molar-refractivity contribution in [2.45, 2.75) is 19.4 Å². The fraction of sp³-hybridized carbons (Fsp3) is 0.391. The third-order valence-electron chi connectivity index (χ3n) is 6.38. The summed E-state index contributed by atoms with van der Waals surface area (Å²) in [7, 11) is 0. The Bertz CT molecular complexity index is 1020. The van der Waals surface area contributed by atoms with Crippen molar-refractivity contribution in [3.8, 4) is 0 Å². The van der Waals surface area contributed by atoms with Gasteiger partial charge in [-0.05, 0) is 54.2 Å². The Morgan fingerprint density at radius 1 is 1.00 bits per heavy atom.